The van der Waals surface area contributed by atoms with Crippen LogP contribution in [0.1, 0.15) is 50.5 Å². The molecule has 0 saturated carbocycles. The Morgan fingerprint density at radius 2 is 1.38 bits per heavy atom. The first kappa shape index (κ1) is 19.1. The summed E-state index contributed by atoms with van der Waals surface area (Å²) < 4.78 is 22.5. The molecule has 0 aromatic heterocycles. The summed E-state index contributed by atoms with van der Waals surface area (Å²) in [7, 11) is 1.60. The Kier molecular flexibility index (Phi) is 6.09. The van der Waals surface area contributed by atoms with Crippen molar-refractivity contribution in [3.8, 4) is 11.1 Å². The number of ether oxygens (including phenoxy) is 4. The Labute approximate surface area is 156 Å². The zero-order valence-electron chi connectivity index (χ0n) is 16.2. The van der Waals surface area contributed by atoms with Crippen molar-refractivity contribution >= 4 is 0 Å². The minimum Gasteiger partial charge on any atom is -0.356 e. The molecule has 2 aromatic rings. The molecule has 26 heavy (non-hydrogen) atoms. The summed E-state index contributed by atoms with van der Waals surface area (Å²) in [6.45, 7) is 7.64. The van der Waals surface area contributed by atoms with Gasteiger partial charge in [0.2, 0.25) is 0 Å². The van der Waals surface area contributed by atoms with Gasteiger partial charge in [0.05, 0.1) is 6.10 Å². The molecule has 3 rings (SSSR count). The average Bonchev–Trinajstić information content (AvgIpc) is 2.99. The number of hydrogen-bond acceptors (Lipinski definition) is 4. The van der Waals surface area contributed by atoms with Crippen LogP contribution in [0.25, 0.3) is 11.1 Å². The molecule has 0 amide bonds. The second-order valence-corrected chi connectivity index (χ2v) is 6.70. The van der Waals surface area contributed by atoms with Crippen molar-refractivity contribution in [1.29, 1.82) is 0 Å². The van der Waals surface area contributed by atoms with Crippen LogP contribution in [0.2, 0.25) is 0 Å². The summed E-state index contributed by atoms with van der Waals surface area (Å²) in [4.78, 5) is 0. The zero-order chi connectivity index (χ0) is 18.7. The van der Waals surface area contributed by atoms with Crippen molar-refractivity contribution in [1.82, 2.24) is 0 Å². The van der Waals surface area contributed by atoms with Crippen LogP contribution >= 0.6 is 0 Å². The van der Waals surface area contributed by atoms with Crippen LogP contribution in [-0.2, 0) is 25.4 Å². The molecule has 4 unspecified atom stereocenters. The molecule has 1 aliphatic rings. The van der Waals surface area contributed by atoms with E-state index in [1.54, 1.807) is 7.11 Å². The Morgan fingerprint density at radius 3 is 2.15 bits per heavy atom. The zero-order valence-corrected chi connectivity index (χ0v) is 16.2. The SMILES string of the molecule is COC(C)OC(C)OC(C)OC(C)c1cccc2c1Cc1ccccc1-2. The van der Waals surface area contributed by atoms with Crippen LogP contribution in [-0.4, -0.2) is 26.0 Å². The van der Waals surface area contributed by atoms with Gasteiger partial charge in [-0.15, -0.1) is 0 Å². The van der Waals surface area contributed by atoms with Gasteiger partial charge in [0.15, 0.2) is 18.9 Å². The Balaban J connectivity index is 1.67. The molecule has 0 N–H and O–H groups in total. The molecular formula is C22H28O4. The third-order valence-corrected chi connectivity index (χ3v) is 4.82. The molecule has 0 saturated heterocycles. The topological polar surface area (TPSA) is 36.9 Å². The normalized spacial score (nSPS) is 17.3. The highest BCUT2D eigenvalue weighted by atomic mass is 16.8. The number of rotatable bonds is 8. The summed E-state index contributed by atoms with van der Waals surface area (Å²) in [6, 6.07) is 15.0. The van der Waals surface area contributed by atoms with Crippen molar-refractivity contribution in [3.63, 3.8) is 0 Å². The van der Waals surface area contributed by atoms with Crippen LogP contribution in [0.5, 0.6) is 0 Å². The summed E-state index contributed by atoms with van der Waals surface area (Å²) in [6.07, 6.45) is -0.219. The molecule has 0 bridgehead atoms. The van der Waals surface area contributed by atoms with Gasteiger partial charge in [-0.05, 0) is 61.9 Å². The van der Waals surface area contributed by atoms with E-state index in [9.17, 15) is 0 Å². The second-order valence-electron chi connectivity index (χ2n) is 6.70. The average molecular weight is 356 g/mol. The van der Waals surface area contributed by atoms with E-state index in [4.69, 9.17) is 18.9 Å². The molecular weight excluding hydrogens is 328 g/mol. The van der Waals surface area contributed by atoms with Crippen molar-refractivity contribution < 1.29 is 18.9 Å². The highest BCUT2D eigenvalue weighted by molar-refractivity contribution is 5.77. The fourth-order valence-corrected chi connectivity index (χ4v) is 3.58. The smallest absolute Gasteiger partial charge is 0.161 e. The first-order valence-corrected chi connectivity index (χ1v) is 9.18. The van der Waals surface area contributed by atoms with Gasteiger partial charge in [0.25, 0.3) is 0 Å². The van der Waals surface area contributed by atoms with Crippen LogP contribution < -0.4 is 0 Å². The molecule has 2 aromatic carbocycles. The third-order valence-electron chi connectivity index (χ3n) is 4.82. The Hall–Kier alpha value is -1.72. The maximum atomic E-state index is 6.10. The molecule has 4 heteroatoms. The molecule has 0 heterocycles. The van der Waals surface area contributed by atoms with E-state index < -0.39 is 6.29 Å². The van der Waals surface area contributed by atoms with Gasteiger partial charge in [-0.25, -0.2) is 0 Å². The molecule has 1 aliphatic carbocycles. The van der Waals surface area contributed by atoms with Crippen molar-refractivity contribution in [2.75, 3.05) is 7.11 Å². The highest BCUT2D eigenvalue weighted by Gasteiger charge is 2.24. The predicted octanol–water partition coefficient (Wildman–Crippen LogP) is 5.05. The summed E-state index contributed by atoms with van der Waals surface area (Å²) >= 11 is 0. The lowest BCUT2D eigenvalue weighted by molar-refractivity contribution is -0.282. The second kappa shape index (κ2) is 8.31. The molecule has 4 nitrogen and oxygen atoms in total. The van der Waals surface area contributed by atoms with Crippen molar-refractivity contribution in [2.45, 2.75) is 59.1 Å². The van der Waals surface area contributed by atoms with Gasteiger partial charge in [-0.1, -0.05) is 42.5 Å². The minimum atomic E-state index is -0.405. The Morgan fingerprint density at radius 1 is 0.731 bits per heavy atom. The number of benzene rings is 2. The van der Waals surface area contributed by atoms with Crippen LogP contribution in [0.15, 0.2) is 42.5 Å². The molecule has 4 atom stereocenters. The van der Waals surface area contributed by atoms with Crippen LogP contribution in [0, 0.1) is 0 Å². The first-order valence-electron chi connectivity index (χ1n) is 9.18. The highest BCUT2D eigenvalue weighted by Crippen LogP contribution is 2.40. The predicted molar refractivity (Wildman–Crippen MR) is 102 cm³/mol. The van der Waals surface area contributed by atoms with Crippen molar-refractivity contribution in [3.05, 3.63) is 59.2 Å². The van der Waals surface area contributed by atoms with Crippen molar-refractivity contribution in [2.24, 2.45) is 0 Å². The van der Waals surface area contributed by atoms with Crippen LogP contribution in [0.4, 0.5) is 0 Å². The van der Waals surface area contributed by atoms with E-state index in [0.29, 0.717) is 0 Å². The summed E-state index contributed by atoms with van der Waals surface area (Å²) in [5.74, 6) is 0. The van der Waals surface area contributed by atoms with Gasteiger partial charge in [0, 0.05) is 7.11 Å². The third kappa shape index (κ3) is 4.15. The lowest BCUT2D eigenvalue weighted by Crippen LogP contribution is -2.27. The molecule has 0 aliphatic heterocycles. The lowest BCUT2D eigenvalue weighted by Gasteiger charge is -2.25. The minimum absolute atomic E-state index is 0.0682. The monoisotopic (exact) mass is 356 g/mol. The van der Waals surface area contributed by atoms with E-state index in [1.807, 2.05) is 20.8 Å². The maximum absolute atomic E-state index is 6.10. The fourth-order valence-electron chi connectivity index (χ4n) is 3.58. The fraction of sp³-hybridized carbons (Fsp3) is 0.455. The van der Waals surface area contributed by atoms with E-state index in [0.717, 1.165) is 6.42 Å². The van der Waals surface area contributed by atoms with Gasteiger partial charge in [0.1, 0.15) is 0 Å². The summed E-state index contributed by atoms with van der Waals surface area (Å²) in [5, 5.41) is 0. The van der Waals surface area contributed by atoms with E-state index in [-0.39, 0.29) is 18.7 Å². The van der Waals surface area contributed by atoms with Gasteiger partial charge in [-0.3, -0.25) is 0 Å². The number of hydrogen-bond donors (Lipinski definition) is 0. The van der Waals surface area contributed by atoms with E-state index >= 15 is 0 Å². The molecule has 0 radical (unpaired) electrons. The van der Waals surface area contributed by atoms with E-state index in [2.05, 4.69) is 49.4 Å². The Bertz CT molecular complexity index is 743. The van der Waals surface area contributed by atoms with E-state index in [1.165, 1.54) is 27.8 Å². The van der Waals surface area contributed by atoms with Gasteiger partial charge >= 0.3 is 0 Å². The molecule has 140 valence electrons. The standard InChI is InChI=1S/C22H28O4/c1-14(24-16(3)26-17(4)25-15(2)23-5)19-11-8-12-21-20-10-7-6-9-18(20)13-22(19)21/h6-12,14-17H,13H2,1-5H3. The number of fused-ring (bicyclic) bond motifs is 3. The quantitative estimate of drug-likeness (QED) is 0.529. The molecule has 0 spiro atoms. The lowest BCUT2D eigenvalue weighted by atomic mass is 9.98. The number of methoxy groups -OCH3 is 1. The summed E-state index contributed by atoms with van der Waals surface area (Å²) in [5.41, 5.74) is 6.59. The first-order chi connectivity index (χ1) is 12.5. The van der Waals surface area contributed by atoms with Gasteiger partial charge in [-0.2, -0.15) is 0 Å². The van der Waals surface area contributed by atoms with Crippen LogP contribution in [0.3, 0.4) is 0 Å². The largest absolute Gasteiger partial charge is 0.356 e. The maximum Gasteiger partial charge on any atom is 0.161 e. The molecule has 0 fully saturated rings. The van der Waals surface area contributed by atoms with Gasteiger partial charge < -0.3 is 18.9 Å².